The summed E-state index contributed by atoms with van der Waals surface area (Å²) >= 11 is 3.18. The summed E-state index contributed by atoms with van der Waals surface area (Å²) in [6, 6.07) is 4.76. The summed E-state index contributed by atoms with van der Waals surface area (Å²) in [6.45, 7) is 3.80. The zero-order chi connectivity index (χ0) is 17.4. The first-order valence-corrected chi connectivity index (χ1v) is 8.06. The lowest BCUT2D eigenvalue weighted by atomic mass is 10.0. The largest absolute Gasteiger partial charge is 0.505 e. The molecule has 0 fully saturated rings. The Morgan fingerprint density at radius 3 is 2.88 bits per heavy atom. The molecule has 6 nitrogen and oxygen atoms in total. The van der Waals surface area contributed by atoms with Crippen LogP contribution in [0.1, 0.15) is 39.8 Å². The number of nitrogens with zero attached hydrogens (tertiary/aromatic N) is 4. The van der Waals surface area contributed by atoms with E-state index in [4.69, 9.17) is 5.26 Å². The number of benzene rings is 1. The number of aromatic nitrogens is 3. The number of carbonyl (C=O) groups excluding carboxylic acids is 1. The molecule has 0 saturated heterocycles. The minimum atomic E-state index is -0.274. The number of phenols is 1. The highest BCUT2D eigenvalue weighted by Crippen LogP contribution is 2.30. The molecule has 0 unspecified atom stereocenters. The van der Waals surface area contributed by atoms with Gasteiger partial charge < -0.3 is 5.11 Å². The van der Waals surface area contributed by atoms with Crippen LogP contribution >= 0.6 is 15.9 Å². The molecule has 0 bridgehead atoms. The zero-order valence-electron chi connectivity index (χ0n) is 13.0. The Hall–Kier alpha value is -2.72. The lowest BCUT2D eigenvalue weighted by molar-refractivity contribution is 0.103. The van der Waals surface area contributed by atoms with Crippen LogP contribution in [0.25, 0.3) is 5.78 Å². The van der Waals surface area contributed by atoms with Crippen molar-refractivity contribution in [2.45, 2.75) is 20.3 Å². The Labute approximate surface area is 146 Å². The van der Waals surface area contributed by atoms with E-state index >= 15 is 0 Å². The third-order valence-corrected chi connectivity index (χ3v) is 4.28. The van der Waals surface area contributed by atoms with Gasteiger partial charge in [-0.25, -0.2) is 9.97 Å². The van der Waals surface area contributed by atoms with E-state index in [-0.39, 0.29) is 17.1 Å². The van der Waals surface area contributed by atoms with Crippen LogP contribution in [0.3, 0.4) is 0 Å². The van der Waals surface area contributed by atoms with Crippen LogP contribution in [-0.2, 0) is 6.42 Å². The molecule has 0 radical (unpaired) electrons. The van der Waals surface area contributed by atoms with Gasteiger partial charge in [-0.3, -0.25) is 9.20 Å². The predicted octanol–water partition coefficient (Wildman–Crippen LogP) is 3.17. The van der Waals surface area contributed by atoms with Crippen LogP contribution in [0.15, 0.2) is 29.0 Å². The first-order chi connectivity index (χ1) is 11.5. The molecule has 3 rings (SSSR count). The number of phenolic OH excluding ortho intramolecular Hbond substituents is 1. The molecular weight excluding hydrogens is 372 g/mol. The van der Waals surface area contributed by atoms with Gasteiger partial charge in [0.05, 0.1) is 15.7 Å². The second-order valence-electron chi connectivity index (χ2n) is 5.36. The number of halogens is 1. The van der Waals surface area contributed by atoms with Gasteiger partial charge in [0.15, 0.2) is 0 Å². The monoisotopic (exact) mass is 384 g/mol. The summed E-state index contributed by atoms with van der Waals surface area (Å²) in [5, 5.41) is 19.0. The molecule has 2 aromatic heterocycles. The third-order valence-electron chi connectivity index (χ3n) is 3.68. The van der Waals surface area contributed by atoms with E-state index in [2.05, 4.69) is 25.9 Å². The second-order valence-corrected chi connectivity index (χ2v) is 6.21. The van der Waals surface area contributed by atoms with Crippen molar-refractivity contribution in [1.29, 1.82) is 5.26 Å². The van der Waals surface area contributed by atoms with Gasteiger partial charge in [-0.2, -0.15) is 5.26 Å². The average molecular weight is 385 g/mol. The normalized spacial score (nSPS) is 10.8. The van der Waals surface area contributed by atoms with Crippen LogP contribution in [0.2, 0.25) is 0 Å². The number of hydrogen-bond donors (Lipinski definition) is 1. The van der Waals surface area contributed by atoms with Crippen molar-refractivity contribution >= 4 is 27.5 Å². The number of rotatable bonds is 3. The topological polar surface area (TPSA) is 91.3 Å². The Kier molecular flexibility index (Phi) is 4.08. The van der Waals surface area contributed by atoms with Crippen LogP contribution in [0.5, 0.6) is 5.75 Å². The highest BCUT2D eigenvalue weighted by atomic mass is 79.9. The van der Waals surface area contributed by atoms with Gasteiger partial charge in [-0.15, -0.1) is 0 Å². The first-order valence-electron chi connectivity index (χ1n) is 7.27. The fourth-order valence-corrected chi connectivity index (χ4v) is 2.98. The number of nitriles is 1. The Balaban J connectivity index is 2.24. The summed E-state index contributed by atoms with van der Waals surface area (Å²) in [6.07, 6.45) is 4.08. The number of fused-ring (bicyclic) bond motifs is 1. The van der Waals surface area contributed by atoms with Crippen molar-refractivity contribution in [3.8, 4) is 11.8 Å². The van der Waals surface area contributed by atoms with Gasteiger partial charge in [-0.1, -0.05) is 6.92 Å². The third kappa shape index (κ3) is 2.55. The zero-order valence-corrected chi connectivity index (χ0v) is 14.6. The number of carbonyl (C=O) groups is 1. The van der Waals surface area contributed by atoms with Crippen LogP contribution in [-0.4, -0.2) is 25.3 Å². The molecule has 3 aromatic rings. The number of imidazole rings is 1. The maximum Gasteiger partial charge on any atom is 0.234 e. The molecular formula is C17H13BrN4O2. The predicted molar refractivity (Wildman–Crippen MR) is 91.1 cm³/mol. The lowest BCUT2D eigenvalue weighted by Gasteiger charge is -2.07. The van der Waals surface area contributed by atoms with E-state index in [0.29, 0.717) is 33.6 Å². The SMILES string of the molecule is CCc1nc2ncc(C)cn2c1C(=O)c1cc(Br)c(O)c(C#N)c1. The van der Waals surface area contributed by atoms with Crippen LogP contribution in [0, 0.1) is 18.3 Å². The minimum Gasteiger partial charge on any atom is -0.505 e. The van der Waals surface area contributed by atoms with Crippen molar-refractivity contribution in [2.75, 3.05) is 0 Å². The molecule has 2 heterocycles. The standard InChI is InChI=1S/C17H13BrN4O2/c1-3-13-14(22-8-9(2)7-20-17(22)21-13)16(24)10-4-11(6-19)15(23)12(18)5-10/h4-5,7-8,23H,3H2,1-2H3. The van der Waals surface area contributed by atoms with Crippen molar-refractivity contribution in [2.24, 2.45) is 0 Å². The van der Waals surface area contributed by atoms with E-state index in [9.17, 15) is 9.90 Å². The molecule has 0 atom stereocenters. The van der Waals surface area contributed by atoms with Gasteiger partial charge in [0.1, 0.15) is 17.5 Å². The van der Waals surface area contributed by atoms with E-state index in [1.165, 1.54) is 12.1 Å². The van der Waals surface area contributed by atoms with Gasteiger partial charge >= 0.3 is 0 Å². The molecule has 1 aromatic carbocycles. The second kappa shape index (κ2) is 6.06. The van der Waals surface area contributed by atoms with Crippen molar-refractivity contribution in [3.05, 3.63) is 57.1 Å². The molecule has 0 saturated carbocycles. The van der Waals surface area contributed by atoms with Crippen LogP contribution < -0.4 is 0 Å². The lowest BCUT2D eigenvalue weighted by Crippen LogP contribution is -2.09. The molecule has 0 aliphatic carbocycles. The average Bonchev–Trinajstić information content (AvgIpc) is 2.94. The fourth-order valence-electron chi connectivity index (χ4n) is 2.52. The molecule has 7 heteroatoms. The number of aryl methyl sites for hydroxylation is 2. The molecule has 120 valence electrons. The highest BCUT2D eigenvalue weighted by molar-refractivity contribution is 9.10. The van der Waals surface area contributed by atoms with E-state index in [0.717, 1.165) is 5.56 Å². The van der Waals surface area contributed by atoms with E-state index in [1.807, 2.05) is 26.1 Å². The highest BCUT2D eigenvalue weighted by Gasteiger charge is 2.22. The minimum absolute atomic E-state index is 0.0360. The number of aromatic hydroxyl groups is 1. The summed E-state index contributed by atoms with van der Waals surface area (Å²) in [5.41, 5.74) is 2.30. The summed E-state index contributed by atoms with van der Waals surface area (Å²) in [4.78, 5) is 21.7. The molecule has 0 amide bonds. The Bertz CT molecular complexity index is 1020. The van der Waals surface area contributed by atoms with Gasteiger partial charge in [-0.05, 0) is 47.0 Å². The van der Waals surface area contributed by atoms with Gasteiger partial charge in [0, 0.05) is 18.0 Å². The first kappa shape index (κ1) is 16.1. The molecule has 1 N–H and O–H groups in total. The van der Waals surface area contributed by atoms with Gasteiger partial charge in [0.25, 0.3) is 0 Å². The maximum atomic E-state index is 13.0. The summed E-state index contributed by atoms with van der Waals surface area (Å²) in [7, 11) is 0. The fraction of sp³-hybridized carbons (Fsp3) is 0.176. The Morgan fingerprint density at radius 1 is 1.46 bits per heavy atom. The van der Waals surface area contributed by atoms with Gasteiger partial charge in [0.2, 0.25) is 11.6 Å². The van der Waals surface area contributed by atoms with Crippen molar-refractivity contribution in [1.82, 2.24) is 14.4 Å². The van der Waals surface area contributed by atoms with Crippen LogP contribution in [0.4, 0.5) is 0 Å². The van der Waals surface area contributed by atoms with E-state index < -0.39 is 0 Å². The molecule has 0 aliphatic heterocycles. The quantitative estimate of drug-likeness (QED) is 0.700. The Morgan fingerprint density at radius 2 is 2.21 bits per heavy atom. The summed E-state index contributed by atoms with van der Waals surface area (Å²) < 4.78 is 1.97. The molecule has 0 spiro atoms. The number of hydrogen-bond acceptors (Lipinski definition) is 5. The van der Waals surface area contributed by atoms with Crippen molar-refractivity contribution in [3.63, 3.8) is 0 Å². The smallest absolute Gasteiger partial charge is 0.234 e. The maximum absolute atomic E-state index is 13.0. The van der Waals surface area contributed by atoms with E-state index in [1.54, 1.807) is 10.6 Å². The number of ketones is 1. The van der Waals surface area contributed by atoms with Crippen molar-refractivity contribution < 1.29 is 9.90 Å². The molecule has 0 aliphatic rings. The summed E-state index contributed by atoms with van der Waals surface area (Å²) in [5.74, 6) is 0.00326. The molecule has 24 heavy (non-hydrogen) atoms.